The number of unbranched alkanes of at least 4 members (excludes halogenated alkanes) is 2. The second-order valence-electron chi connectivity index (χ2n) is 7.52. The van der Waals surface area contributed by atoms with Crippen LogP contribution in [-0.4, -0.2) is 0 Å². The van der Waals surface area contributed by atoms with Gasteiger partial charge < -0.3 is 0 Å². The third-order valence-electron chi connectivity index (χ3n) is 5.47. The highest BCUT2D eigenvalue weighted by atomic mass is 19.1. The summed E-state index contributed by atoms with van der Waals surface area (Å²) in [7, 11) is 0. The molecule has 0 nitrogen and oxygen atoms in total. The predicted octanol–water partition coefficient (Wildman–Crippen LogP) is 8.18. The van der Waals surface area contributed by atoms with Crippen LogP contribution >= 0.6 is 0 Å². The van der Waals surface area contributed by atoms with Crippen LogP contribution in [0.2, 0.25) is 0 Å². The number of fused-ring (bicyclic) bond motifs is 1. The lowest BCUT2D eigenvalue weighted by atomic mass is 9.96. The van der Waals surface area contributed by atoms with Gasteiger partial charge in [0.15, 0.2) is 0 Å². The van der Waals surface area contributed by atoms with Gasteiger partial charge in [-0.2, -0.15) is 0 Å². The quantitative estimate of drug-likeness (QED) is 0.293. The molecule has 0 aliphatic rings. The summed E-state index contributed by atoms with van der Waals surface area (Å²) in [5.41, 5.74) is 4.73. The molecule has 0 saturated carbocycles. The number of benzene rings is 4. The molecule has 0 heterocycles. The van der Waals surface area contributed by atoms with Crippen molar-refractivity contribution in [1.29, 1.82) is 0 Å². The lowest BCUT2D eigenvalue weighted by Crippen LogP contribution is -1.89. The summed E-state index contributed by atoms with van der Waals surface area (Å²) in [6.07, 6.45) is 4.83. The average Bonchev–Trinajstić information content (AvgIpc) is 2.75. The van der Waals surface area contributed by atoms with Crippen LogP contribution < -0.4 is 0 Å². The van der Waals surface area contributed by atoms with Crippen LogP contribution in [0.5, 0.6) is 0 Å². The normalized spacial score (nSPS) is 11.1. The maximum Gasteiger partial charge on any atom is 0.138 e. The van der Waals surface area contributed by atoms with Crippen molar-refractivity contribution in [3.63, 3.8) is 0 Å². The summed E-state index contributed by atoms with van der Waals surface area (Å²) in [6, 6.07) is 24.1. The number of hydrogen-bond acceptors (Lipinski definition) is 0. The topological polar surface area (TPSA) is 0 Å². The molecule has 0 aromatic heterocycles. The van der Waals surface area contributed by atoms with Crippen LogP contribution in [0.25, 0.3) is 33.0 Å². The van der Waals surface area contributed by atoms with Crippen molar-refractivity contribution in [3.8, 4) is 22.3 Å². The lowest BCUT2D eigenvalue weighted by molar-refractivity contribution is 0.627. The summed E-state index contributed by atoms with van der Waals surface area (Å²) in [5, 5.41) is 1.43. The first-order valence-corrected chi connectivity index (χ1v) is 10.2. The van der Waals surface area contributed by atoms with E-state index in [4.69, 9.17) is 0 Å². The molecule has 0 atom stereocenters. The Balaban J connectivity index is 1.63. The third-order valence-corrected chi connectivity index (χ3v) is 5.47. The van der Waals surface area contributed by atoms with E-state index in [1.165, 1.54) is 37.0 Å². The fourth-order valence-electron chi connectivity index (χ4n) is 3.77. The van der Waals surface area contributed by atoms with E-state index in [1.54, 1.807) is 18.2 Å². The Bertz CT molecular complexity index is 1110. The van der Waals surface area contributed by atoms with Crippen molar-refractivity contribution in [3.05, 3.63) is 96.1 Å². The van der Waals surface area contributed by atoms with Crippen LogP contribution in [-0.2, 0) is 6.42 Å². The molecule has 0 radical (unpaired) electrons. The smallest absolute Gasteiger partial charge is 0.138 e. The van der Waals surface area contributed by atoms with Gasteiger partial charge in [0.2, 0.25) is 0 Å². The van der Waals surface area contributed by atoms with E-state index in [2.05, 4.69) is 31.2 Å². The molecule has 0 fully saturated rings. The molecule has 4 rings (SSSR count). The zero-order valence-corrected chi connectivity index (χ0v) is 16.6. The molecular formula is C27H24F2. The van der Waals surface area contributed by atoms with E-state index >= 15 is 4.39 Å². The van der Waals surface area contributed by atoms with Gasteiger partial charge in [0.1, 0.15) is 11.6 Å². The Kier molecular flexibility index (Phi) is 5.71. The maximum atomic E-state index is 15.1. The van der Waals surface area contributed by atoms with Gasteiger partial charge in [0.25, 0.3) is 0 Å². The monoisotopic (exact) mass is 386 g/mol. The second-order valence-corrected chi connectivity index (χ2v) is 7.52. The van der Waals surface area contributed by atoms with Crippen molar-refractivity contribution < 1.29 is 8.78 Å². The van der Waals surface area contributed by atoms with Crippen molar-refractivity contribution >= 4 is 10.8 Å². The third kappa shape index (κ3) is 4.22. The summed E-state index contributed by atoms with van der Waals surface area (Å²) >= 11 is 0. The first kappa shape index (κ1) is 19.3. The van der Waals surface area contributed by atoms with E-state index in [0.29, 0.717) is 16.5 Å². The van der Waals surface area contributed by atoms with Gasteiger partial charge in [-0.1, -0.05) is 80.4 Å². The van der Waals surface area contributed by atoms with Crippen molar-refractivity contribution in [2.75, 3.05) is 0 Å². The minimum atomic E-state index is -0.323. The molecule has 2 heteroatoms. The van der Waals surface area contributed by atoms with Crippen LogP contribution in [0.3, 0.4) is 0 Å². The molecule has 29 heavy (non-hydrogen) atoms. The maximum absolute atomic E-state index is 15.1. The molecule has 0 spiro atoms. The molecule has 0 N–H and O–H groups in total. The zero-order valence-electron chi connectivity index (χ0n) is 16.6. The van der Waals surface area contributed by atoms with Crippen LogP contribution in [0, 0.1) is 11.6 Å². The first-order valence-electron chi connectivity index (χ1n) is 10.2. The molecular weight excluding hydrogens is 362 g/mol. The molecule has 0 aliphatic heterocycles. The van der Waals surface area contributed by atoms with Crippen molar-refractivity contribution in [2.24, 2.45) is 0 Å². The molecule has 146 valence electrons. The Morgan fingerprint density at radius 3 is 2.07 bits per heavy atom. The molecule has 0 unspecified atom stereocenters. The van der Waals surface area contributed by atoms with Gasteiger partial charge in [-0.15, -0.1) is 0 Å². The highest BCUT2D eigenvalue weighted by Crippen LogP contribution is 2.32. The van der Waals surface area contributed by atoms with Crippen LogP contribution in [0.15, 0.2) is 78.9 Å². The van der Waals surface area contributed by atoms with E-state index in [-0.39, 0.29) is 11.6 Å². The van der Waals surface area contributed by atoms with Gasteiger partial charge in [0, 0.05) is 10.9 Å². The summed E-state index contributed by atoms with van der Waals surface area (Å²) in [6.45, 7) is 2.22. The van der Waals surface area contributed by atoms with E-state index in [1.807, 2.05) is 24.3 Å². The van der Waals surface area contributed by atoms with Crippen LogP contribution in [0.1, 0.15) is 31.7 Å². The fourth-order valence-corrected chi connectivity index (χ4v) is 3.77. The van der Waals surface area contributed by atoms with Crippen LogP contribution in [0.4, 0.5) is 8.78 Å². The molecule has 0 aliphatic carbocycles. The minimum absolute atomic E-state index is 0.271. The van der Waals surface area contributed by atoms with Crippen molar-refractivity contribution in [1.82, 2.24) is 0 Å². The lowest BCUT2D eigenvalue weighted by Gasteiger charge is -2.10. The first-order chi connectivity index (χ1) is 14.2. The summed E-state index contributed by atoms with van der Waals surface area (Å²) in [5.74, 6) is -0.595. The minimum Gasteiger partial charge on any atom is -0.207 e. The van der Waals surface area contributed by atoms with Gasteiger partial charge >= 0.3 is 0 Å². The number of aryl methyl sites for hydroxylation is 1. The zero-order chi connectivity index (χ0) is 20.2. The van der Waals surface area contributed by atoms with Gasteiger partial charge in [-0.25, -0.2) is 8.78 Å². The average molecular weight is 386 g/mol. The van der Waals surface area contributed by atoms with Crippen molar-refractivity contribution in [2.45, 2.75) is 32.6 Å². The highest BCUT2D eigenvalue weighted by molar-refractivity contribution is 5.91. The van der Waals surface area contributed by atoms with Gasteiger partial charge in [-0.3, -0.25) is 0 Å². The summed E-state index contributed by atoms with van der Waals surface area (Å²) < 4.78 is 28.3. The number of halogens is 2. The standard InChI is InChI=1S/C27H24F2/c1-2-3-4-5-19-6-8-20(9-7-19)22-12-16-26-23(18-22)13-17-25(27(26)29)21-10-14-24(28)15-11-21/h6-18H,2-5H2,1H3. The number of rotatable bonds is 6. The summed E-state index contributed by atoms with van der Waals surface area (Å²) in [4.78, 5) is 0. The Hall–Kier alpha value is -3.00. The van der Waals surface area contributed by atoms with E-state index in [9.17, 15) is 4.39 Å². The Morgan fingerprint density at radius 1 is 0.655 bits per heavy atom. The van der Waals surface area contributed by atoms with Gasteiger partial charge in [0.05, 0.1) is 0 Å². The Morgan fingerprint density at radius 2 is 1.34 bits per heavy atom. The largest absolute Gasteiger partial charge is 0.207 e. The van der Waals surface area contributed by atoms with E-state index < -0.39 is 0 Å². The highest BCUT2D eigenvalue weighted by Gasteiger charge is 2.10. The molecule has 4 aromatic carbocycles. The predicted molar refractivity (Wildman–Crippen MR) is 118 cm³/mol. The number of hydrogen-bond donors (Lipinski definition) is 0. The Labute approximate surface area is 170 Å². The molecule has 0 amide bonds. The molecule has 4 aromatic rings. The SMILES string of the molecule is CCCCCc1ccc(-c2ccc3c(F)c(-c4ccc(F)cc4)ccc3c2)cc1. The van der Waals surface area contributed by atoms with E-state index in [0.717, 1.165) is 22.9 Å². The fraction of sp³-hybridized carbons (Fsp3) is 0.185. The second kappa shape index (κ2) is 8.57. The molecule has 0 bridgehead atoms. The van der Waals surface area contributed by atoms with Gasteiger partial charge in [-0.05, 0) is 58.7 Å². The molecule has 0 saturated heterocycles.